The fourth-order valence-corrected chi connectivity index (χ4v) is 4.44. The van der Waals surface area contributed by atoms with E-state index in [-0.39, 0.29) is 24.0 Å². The fourth-order valence-electron chi connectivity index (χ4n) is 4.44. The van der Waals surface area contributed by atoms with E-state index in [1.54, 1.807) is 18.2 Å². The first kappa shape index (κ1) is 21.9. The Kier molecular flexibility index (Phi) is 6.19. The Labute approximate surface area is 187 Å². The number of nitrogens with zero attached hydrogens (tertiary/aromatic N) is 1. The van der Waals surface area contributed by atoms with Gasteiger partial charge in [-0.1, -0.05) is 24.3 Å². The molecule has 2 aliphatic heterocycles. The third kappa shape index (κ3) is 3.84. The number of rotatable bonds is 6. The van der Waals surface area contributed by atoms with Crippen molar-refractivity contribution in [1.82, 2.24) is 4.90 Å². The summed E-state index contributed by atoms with van der Waals surface area (Å²) < 4.78 is 16.4. The second-order valence-electron chi connectivity index (χ2n) is 8.01. The minimum atomic E-state index is -0.726. The van der Waals surface area contributed by atoms with Gasteiger partial charge in [0, 0.05) is 13.2 Å². The van der Waals surface area contributed by atoms with Crippen molar-refractivity contribution in [3.8, 4) is 11.5 Å². The van der Waals surface area contributed by atoms with E-state index in [9.17, 15) is 14.7 Å². The SMILES string of the molecule is COc1ccc(OC)c(/C(O)=C2\C(=O)C(=O)N(CC3CCCO3)C2c2ccccc2C)c1. The van der Waals surface area contributed by atoms with Gasteiger partial charge in [0.25, 0.3) is 11.7 Å². The molecule has 2 aliphatic rings. The number of aliphatic hydroxyl groups excluding tert-OH is 1. The van der Waals surface area contributed by atoms with Gasteiger partial charge in [0.1, 0.15) is 17.3 Å². The number of hydrogen-bond donors (Lipinski definition) is 1. The molecular weight excluding hydrogens is 410 g/mol. The van der Waals surface area contributed by atoms with Gasteiger partial charge in [0.2, 0.25) is 0 Å². The van der Waals surface area contributed by atoms with Crippen LogP contribution in [0.2, 0.25) is 0 Å². The molecule has 2 saturated heterocycles. The zero-order chi connectivity index (χ0) is 22.8. The second kappa shape index (κ2) is 9.04. The van der Waals surface area contributed by atoms with Gasteiger partial charge in [-0.25, -0.2) is 0 Å². The predicted octanol–water partition coefficient (Wildman–Crippen LogP) is 3.61. The minimum Gasteiger partial charge on any atom is -0.507 e. The molecule has 0 bridgehead atoms. The van der Waals surface area contributed by atoms with Gasteiger partial charge in [-0.15, -0.1) is 0 Å². The standard InChI is InChI=1S/C25H27NO6/c1-15-7-4-5-9-18(15)22-21(23(27)19-13-16(30-2)10-11-20(19)31-3)24(28)25(29)26(22)14-17-8-6-12-32-17/h4-5,7,9-11,13,17,22,27H,6,8,12,14H2,1-3H3/b23-21+. The molecule has 0 aliphatic carbocycles. The van der Waals surface area contributed by atoms with Crippen LogP contribution >= 0.6 is 0 Å². The van der Waals surface area contributed by atoms with Crippen LogP contribution in [0.15, 0.2) is 48.0 Å². The average Bonchev–Trinajstić information content (AvgIpc) is 3.41. The van der Waals surface area contributed by atoms with E-state index in [2.05, 4.69) is 0 Å². The summed E-state index contributed by atoms with van der Waals surface area (Å²) in [6.07, 6.45) is 1.61. The van der Waals surface area contributed by atoms with Crippen molar-refractivity contribution in [2.24, 2.45) is 0 Å². The number of carbonyl (C=O) groups is 2. The summed E-state index contributed by atoms with van der Waals surface area (Å²) in [7, 11) is 2.99. The van der Waals surface area contributed by atoms with Crippen molar-refractivity contribution in [1.29, 1.82) is 0 Å². The van der Waals surface area contributed by atoms with Gasteiger partial charge in [0.15, 0.2) is 0 Å². The molecule has 168 valence electrons. The molecule has 1 N–H and O–H groups in total. The van der Waals surface area contributed by atoms with E-state index in [0.29, 0.717) is 23.7 Å². The van der Waals surface area contributed by atoms with Crippen LogP contribution in [0.1, 0.15) is 35.6 Å². The van der Waals surface area contributed by atoms with Gasteiger partial charge >= 0.3 is 0 Å². The van der Waals surface area contributed by atoms with Crippen LogP contribution < -0.4 is 9.47 Å². The maximum atomic E-state index is 13.2. The average molecular weight is 437 g/mol. The van der Waals surface area contributed by atoms with Crippen LogP contribution in [-0.4, -0.2) is 55.2 Å². The number of Topliss-reactive ketones (excluding diaryl/α,β-unsaturated/α-hetero) is 1. The number of aliphatic hydroxyl groups is 1. The summed E-state index contributed by atoms with van der Waals surface area (Å²) in [6, 6.07) is 11.8. The van der Waals surface area contributed by atoms with Gasteiger partial charge in [-0.2, -0.15) is 0 Å². The topological polar surface area (TPSA) is 85.3 Å². The lowest BCUT2D eigenvalue weighted by atomic mass is 9.92. The van der Waals surface area contributed by atoms with Crippen molar-refractivity contribution in [3.05, 3.63) is 64.7 Å². The Morgan fingerprint density at radius 1 is 1.16 bits per heavy atom. The maximum absolute atomic E-state index is 13.2. The van der Waals surface area contributed by atoms with Gasteiger partial charge in [-0.05, 0) is 49.1 Å². The first-order chi connectivity index (χ1) is 15.5. The highest BCUT2D eigenvalue weighted by Crippen LogP contribution is 2.42. The molecular formula is C25H27NO6. The summed E-state index contributed by atoms with van der Waals surface area (Å²) in [5, 5.41) is 11.4. The van der Waals surface area contributed by atoms with Crippen molar-refractivity contribution >= 4 is 17.4 Å². The lowest BCUT2D eigenvalue weighted by Gasteiger charge is -2.28. The van der Waals surface area contributed by atoms with Crippen molar-refractivity contribution < 1.29 is 28.9 Å². The van der Waals surface area contributed by atoms with E-state index in [1.165, 1.54) is 19.1 Å². The number of methoxy groups -OCH3 is 2. The number of carbonyl (C=O) groups excluding carboxylic acids is 2. The largest absolute Gasteiger partial charge is 0.507 e. The summed E-state index contributed by atoms with van der Waals surface area (Å²) in [5.41, 5.74) is 2.03. The quantitative estimate of drug-likeness (QED) is 0.422. The molecule has 0 aromatic heterocycles. The van der Waals surface area contributed by atoms with Crippen LogP contribution in [0.3, 0.4) is 0 Å². The zero-order valence-electron chi connectivity index (χ0n) is 18.5. The van der Waals surface area contributed by atoms with Gasteiger partial charge in [-0.3, -0.25) is 9.59 Å². The minimum absolute atomic E-state index is 0.0360. The number of ether oxygens (including phenoxy) is 3. The Bertz CT molecular complexity index is 1070. The smallest absolute Gasteiger partial charge is 0.295 e. The molecule has 2 aromatic rings. The first-order valence-corrected chi connectivity index (χ1v) is 10.6. The van der Waals surface area contributed by atoms with Crippen LogP contribution in [0.4, 0.5) is 0 Å². The molecule has 0 spiro atoms. The molecule has 0 saturated carbocycles. The van der Waals surface area contributed by atoms with Crippen molar-refractivity contribution in [2.45, 2.75) is 31.9 Å². The Morgan fingerprint density at radius 2 is 1.94 bits per heavy atom. The predicted molar refractivity (Wildman–Crippen MR) is 119 cm³/mol. The lowest BCUT2D eigenvalue weighted by molar-refractivity contribution is -0.140. The van der Waals surface area contributed by atoms with E-state index < -0.39 is 17.7 Å². The molecule has 2 aromatic carbocycles. The summed E-state index contributed by atoms with van der Waals surface area (Å²) >= 11 is 0. The normalized spacial score (nSPS) is 22.4. The molecule has 2 atom stereocenters. The molecule has 7 heteroatoms. The highest BCUT2D eigenvalue weighted by Gasteiger charge is 2.47. The molecule has 0 radical (unpaired) electrons. The number of benzene rings is 2. The molecule has 2 fully saturated rings. The molecule has 7 nitrogen and oxygen atoms in total. The summed E-state index contributed by atoms with van der Waals surface area (Å²) in [6.45, 7) is 2.86. The van der Waals surface area contributed by atoms with Gasteiger partial charge in [0.05, 0.1) is 37.5 Å². The molecule has 2 heterocycles. The van der Waals surface area contributed by atoms with Crippen LogP contribution in [0.5, 0.6) is 11.5 Å². The third-order valence-electron chi connectivity index (χ3n) is 6.11. The monoisotopic (exact) mass is 437 g/mol. The Morgan fingerprint density at radius 3 is 2.59 bits per heavy atom. The molecule has 2 unspecified atom stereocenters. The fraction of sp³-hybridized carbons (Fsp3) is 0.360. The Hall–Kier alpha value is -3.32. The maximum Gasteiger partial charge on any atom is 0.295 e. The Balaban J connectivity index is 1.89. The van der Waals surface area contributed by atoms with E-state index in [0.717, 1.165) is 24.0 Å². The van der Waals surface area contributed by atoms with Crippen molar-refractivity contribution in [2.75, 3.05) is 27.4 Å². The number of likely N-dealkylation sites (tertiary alicyclic amines) is 1. The third-order valence-corrected chi connectivity index (χ3v) is 6.11. The van der Waals surface area contributed by atoms with E-state index in [1.807, 2.05) is 31.2 Å². The number of hydrogen-bond acceptors (Lipinski definition) is 6. The van der Waals surface area contributed by atoms with Gasteiger partial charge < -0.3 is 24.2 Å². The molecule has 32 heavy (non-hydrogen) atoms. The second-order valence-corrected chi connectivity index (χ2v) is 8.01. The highest BCUT2D eigenvalue weighted by molar-refractivity contribution is 6.46. The first-order valence-electron chi connectivity index (χ1n) is 10.6. The molecule has 1 amide bonds. The summed E-state index contributed by atoms with van der Waals surface area (Å²) in [4.78, 5) is 27.9. The number of amides is 1. The van der Waals surface area contributed by atoms with E-state index in [4.69, 9.17) is 14.2 Å². The number of ketones is 1. The highest BCUT2D eigenvalue weighted by atomic mass is 16.5. The number of aryl methyl sites for hydroxylation is 1. The van der Waals surface area contributed by atoms with Crippen molar-refractivity contribution in [3.63, 3.8) is 0 Å². The van der Waals surface area contributed by atoms with Crippen LogP contribution in [0.25, 0.3) is 5.76 Å². The van der Waals surface area contributed by atoms with Crippen LogP contribution in [0, 0.1) is 6.92 Å². The lowest BCUT2D eigenvalue weighted by Crippen LogP contribution is -2.36. The van der Waals surface area contributed by atoms with Crippen LogP contribution in [-0.2, 0) is 14.3 Å². The van der Waals surface area contributed by atoms with E-state index >= 15 is 0 Å². The molecule has 4 rings (SSSR count). The zero-order valence-corrected chi connectivity index (χ0v) is 18.5. The summed E-state index contributed by atoms with van der Waals surface area (Å²) in [5.74, 6) is -0.788.